The zero-order valence-corrected chi connectivity index (χ0v) is 22.8. The summed E-state index contributed by atoms with van der Waals surface area (Å²) in [6.07, 6.45) is 4.71. The van der Waals surface area contributed by atoms with E-state index in [1.165, 1.54) is 15.6 Å². The van der Waals surface area contributed by atoms with Crippen LogP contribution in [-0.2, 0) is 21.4 Å². The SMILES string of the molecule is Cc1ccc(S(=O)(=O)N2CCCC(C(=O)N(Cc3cccnc3)c3nc4c(C)ccc(C)c4s3)C2)cc1. The van der Waals surface area contributed by atoms with E-state index < -0.39 is 15.9 Å². The lowest BCUT2D eigenvalue weighted by Crippen LogP contribution is -2.46. The second kappa shape index (κ2) is 10.3. The first-order valence-corrected chi connectivity index (χ1v) is 14.6. The first kappa shape index (κ1) is 25.5. The highest BCUT2D eigenvalue weighted by Gasteiger charge is 2.36. The Labute approximate surface area is 221 Å². The molecule has 7 nitrogen and oxygen atoms in total. The summed E-state index contributed by atoms with van der Waals surface area (Å²) in [5.41, 5.74) is 4.97. The molecule has 37 heavy (non-hydrogen) atoms. The predicted octanol–water partition coefficient (Wildman–Crippen LogP) is 5.25. The molecule has 0 bridgehead atoms. The fourth-order valence-corrected chi connectivity index (χ4v) is 7.36. The molecule has 192 valence electrons. The van der Waals surface area contributed by atoms with Gasteiger partial charge in [-0.1, -0.05) is 47.2 Å². The molecule has 1 unspecified atom stereocenters. The van der Waals surface area contributed by atoms with Crippen LogP contribution in [0.1, 0.15) is 35.1 Å². The minimum Gasteiger partial charge on any atom is -0.283 e. The Balaban J connectivity index is 1.47. The molecule has 0 N–H and O–H groups in total. The molecule has 9 heteroatoms. The van der Waals surface area contributed by atoms with Gasteiger partial charge in [0.2, 0.25) is 15.9 Å². The van der Waals surface area contributed by atoms with Gasteiger partial charge in [0.15, 0.2) is 5.13 Å². The molecule has 0 spiro atoms. The van der Waals surface area contributed by atoms with Gasteiger partial charge in [-0.15, -0.1) is 0 Å². The predicted molar refractivity (Wildman–Crippen MR) is 147 cm³/mol. The minimum atomic E-state index is -3.69. The zero-order chi connectivity index (χ0) is 26.2. The van der Waals surface area contributed by atoms with Crippen molar-refractivity contribution in [3.8, 4) is 0 Å². The third-order valence-corrected chi connectivity index (χ3v) is 9.98. The van der Waals surface area contributed by atoms with E-state index in [0.717, 1.165) is 32.5 Å². The van der Waals surface area contributed by atoms with Crippen LogP contribution in [0.4, 0.5) is 5.13 Å². The van der Waals surface area contributed by atoms with Crippen molar-refractivity contribution in [1.29, 1.82) is 0 Å². The number of carbonyl (C=O) groups excluding carboxylic acids is 1. The van der Waals surface area contributed by atoms with E-state index in [1.54, 1.807) is 41.6 Å². The quantitative estimate of drug-likeness (QED) is 0.337. The van der Waals surface area contributed by atoms with E-state index in [9.17, 15) is 13.2 Å². The molecule has 1 fully saturated rings. The molecule has 2 aromatic carbocycles. The van der Waals surface area contributed by atoms with Gasteiger partial charge in [0.05, 0.1) is 27.6 Å². The minimum absolute atomic E-state index is 0.109. The highest BCUT2D eigenvalue weighted by Crippen LogP contribution is 2.35. The number of thiazole rings is 1. The van der Waals surface area contributed by atoms with E-state index in [2.05, 4.69) is 11.1 Å². The number of aromatic nitrogens is 2. The lowest BCUT2D eigenvalue weighted by Gasteiger charge is -2.33. The van der Waals surface area contributed by atoms with Crippen molar-refractivity contribution in [2.45, 2.75) is 45.1 Å². The number of carbonyl (C=O) groups is 1. The third kappa shape index (κ3) is 5.16. The number of rotatable bonds is 6. The van der Waals surface area contributed by atoms with Gasteiger partial charge in [-0.25, -0.2) is 13.4 Å². The maximum atomic E-state index is 14.1. The molecule has 1 aliphatic heterocycles. The molecule has 0 radical (unpaired) electrons. The van der Waals surface area contributed by atoms with Crippen LogP contribution in [0, 0.1) is 26.7 Å². The van der Waals surface area contributed by atoms with Gasteiger partial charge in [0.25, 0.3) is 0 Å². The monoisotopic (exact) mass is 534 g/mol. The maximum absolute atomic E-state index is 14.1. The lowest BCUT2D eigenvalue weighted by atomic mass is 9.98. The normalized spacial score (nSPS) is 16.7. The van der Waals surface area contributed by atoms with Crippen LogP contribution in [0.3, 0.4) is 0 Å². The van der Waals surface area contributed by atoms with Gasteiger partial charge >= 0.3 is 0 Å². The van der Waals surface area contributed by atoms with Crippen LogP contribution < -0.4 is 4.90 Å². The Morgan fingerprint density at radius 3 is 2.54 bits per heavy atom. The van der Waals surface area contributed by atoms with Crippen LogP contribution in [0.25, 0.3) is 10.2 Å². The van der Waals surface area contributed by atoms with Crippen molar-refractivity contribution in [2.75, 3.05) is 18.0 Å². The first-order valence-electron chi connectivity index (χ1n) is 12.4. The van der Waals surface area contributed by atoms with Crippen molar-refractivity contribution in [1.82, 2.24) is 14.3 Å². The molecule has 5 rings (SSSR count). The molecular formula is C28H30N4O3S2. The molecule has 4 aromatic rings. The first-order chi connectivity index (χ1) is 17.7. The topological polar surface area (TPSA) is 83.5 Å². The van der Waals surface area contributed by atoms with Crippen molar-refractivity contribution < 1.29 is 13.2 Å². The van der Waals surface area contributed by atoms with Crippen LogP contribution >= 0.6 is 11.3 Å². The summed E-state index contributed by atoms with van der Waals surface area (Å²) < 4.78 is 29.3. The molecule has 1 saturated heterocycles. The van der Waals surface area contributed by atoms with Gasteiger partial charge in [-0.05, 0) is 68.5 Å². The largest absolute Gasteiger partial charge is 0.283 e. The van der Waals surface area contributed by atoms with E-state index in [0.29, 0.717) is 31.1 Å². The Bertz CT molecular complexity index is 1490. The molecule has 2 aromatic heterocycles. The number of hydrogen-bond acceptors (Lipinski definition) is 6. The van der Waals surface area contributed by atoms with Crippen LogP contribution in [0.5, 0.6) is 0 Å². The summed E-state index contributed by atoms with van der Waals surface area (Å²) >= 11 is 1.50. The van der Waals surface area contributed by atoms with Crippen LogP contribution in [-0.4, -0.2) is 41.7 Å². The number of fused-ring (bicyclic) bond motifs is 1. The van der Waals surface area contributed by atoms with Gasteiger partial charge in [-0.3, -0.25) is 14.7 Å². The standard InChI is InChI=1S/C28H30N4O3S2/c1-19-8-12-24(13-9-19)37(34,35)31-15-5-7-23(18-31)27(33)32(17-22-6-4-14-29-16-22)28-30-25-20(2)10-11-21(3)26(25)36-28/h4,6,8-14,16,23H,5,7,15,17-18H2,1-3H3. The number of sulfonamides is 1. The number of anilines is 1. The average molecular weight is 535 g/mol. The summed E-state index contributed by atoms with van der Waals surface area (Å²) in [5.74, 6) is -0.568. The Kier molecular flexibility index (Phi) is 7.11. The number of piperidine rings is 1. The maximum Gasteiger partial charge on any atom is 0.243 e. The number of pyridine rings is 1. The molecule has 0 aliphatic carbocycles. The zero-order valence-electron chi connectivity index (χ0n) is 21.2. The number of amides is 1. The fourth-order valence-electron chi connectivity index (χ4n) is 4.72. The molecule has 0 saturated carbocycles. The number of nitrogens with zero attached hydrogens (tertiary/aromatic N) is 4. The van der Waals surface area contributed by atoms with Gasteiger partial charge < -0.3 is 0 Å². The summed E-state index contributed by atoms with van der Waals surface area (Å²) in [6.45, 7) is 6.88. The lowest BCUT2D eigenvalue weighted by molar-refractivity contribution is -0.123. The Morgan fingerprint density at radius 1 is 1.08 bits per heavy atom. The van der Waals surface area contributed by atoms with Gasteiger partial charge in [-0.2, -0.15) is 4.31 Å². The molecular weight excluding hydrogens is 504 g/mol. The van der Waals surface area contributed by atoms with Crippen LogP contribution in [0.2, 0.25) is 0 Å². The second-order valence-corrected chi connectivity index (χ2v) is 12.6. The van der Waals surface area contributed by atoms with Crippen molar-refractivity contribution >= 4 is 42.6 Å². The van der Waals surface area contributed by atoms with Crippen molar-refractivity contribution in [2.24, 2.45) is 5.92 Å². The van der Waals surface area contributed by atoms with E-state index in [1.807, 2.05) is 39.0 Å². The van der Waals surface area contributed by atoms with Gasteiger partial charge in [0.1, 0.15) is 0 Å². The summed E-state index contributed by atoms with van der Waals surface area (Å²) in [5, 5.41) is 0.625. The molecule has 1 amide bonds. The third-order valence-electron chi connectivity index (χ3n) is 6.88. The molecule has 1 aliphatic rings. The van der Waals surface area contributed by atoms with Crippen molar-refractivity contribution in [3.05, 3.63) is 83.2 Å². The van der Waals surface area contributed by atoms with E-state index in [-0.39, 0.29) is 17.3 Å². The summed E-state index contributed by atoms with van der Waals surface area (Å²) in [6, 6.07) is 14.8. The second-order valence-electron chi connectivity index (χ2n) is 9.67. The van der Waals surface area contributed by atoms with Gasteiger partial charge in [0, 0.05) is 25.5 Å². The Hall–Kier alpha value is -3.14. The summed E-state index contributed by atoms with van der Waals surface area (Å²) in [7, 11) is -3.69. The average Bonchev–Trinajstić information content (AvgIpc) is 3.37. The highest BCUT2D eigenvalue weighted by atomic mass is 32.2. The highest BCUT2D eigenvalue weighted by molar-refractivity contribution is 7.89. The van der Waals surface area contributed by atoms with Crippen LogP contribution in [0.15, 0.2) is 65.8 Å². The number of aryl methyl sites for hydroxylation is 3. The Morgan fingerprint density at radius 2 is 1.84 bits per heavy atom. The number of hydrogen-bond donors (Lipinski definition) is 0. The van der Waals surface area contributed by atoms with Crippen molar-refractivity contribution in [3.63, 3.8) is 0 Å². The molecule has 3 heterocycles. The molecule has 1 atom stereocenters. The van der Waals surface area contributed by atoms with E-state index in [4.69, 9.17) is 4.98 Å². The fraction of sp³-hybridized carbons (Fsp3) is 0.321. The summed E-state index contributed by atoms with van der Waals surface area (Å²) in [4.78, 5) is 25.1. The van der Waals surface area contributed by atoms with E-state index >= 15 is 0 Å². The smallest absolute Gasteiger partial charge is 0.243 e. The number of benzene rings is 2.